The van der Waals surface area contributed by atoms with E-state index in [1.54, 1.807) is 0 Å². The van der Waals surface area contributed by atoms with E-state index in [1.165, 1.54) is 37.2 Å². The number of hydrogen-bond acceptors (Lipinski definition) is 5. The summed E-state index contributed by atoms with van der Waals surface area (Å²) in [6.07, 6.45) is 5.11. The molecule has 2 N–H and O–H groups in total. The SMILES string of the molecule is CN1C2CCC1CC(c1nsc(N)n1)C2. The van der Waals surface area contributed by atoms with E-state index in [2.05, 4.69) is 21.3 Å². The lowest BCUT2D eigenvalue weighted by molar-refractivity contribution is 0.159. The molecule has 3 rings (SSSR count). The molecular formula is C10H16N4S. The lowest BCUT2D eigenvalue weighted by Crippen LogP contribution is -2.39. The van der Waals surface area contributed by atoms with Gasteiger partial charge >= 0.3 is 0 Å². The van der Waals surface area contributed by atoms with E-state index in [4.69, 9.17) is 5.73 Å². The van der Waals surface area contributed by atoms with Crippen molar-refractivity contribution in [2.75, 3.05) is 12.8 Å². The second-order valence-corrected chi connectivity index (χ2v) is 5.49. The number of rotatable bonds is 1. The van der Waals surface area contributed by atoms with E-state index in [0.717, 1.165) is 17.9 Å². The highest BCUT2D eigenvalue weighted by Gasteiger charge is 2.39. The fraction of sp³-hybridized carbons (Fsp3) is 0.800. The van der Waals surface area contributed by atoms with Crippen LogP contribution in [0.25, 0.3) is 0 Å². The van der Waals surface area contributed by atoms with Gasteiger partial charge in [-0.3, -0.25) is 0 Å². The minimum absolute atomic E-state index is 0.548. The Morgan fingerprint density at radius 1 is 1.33 bits per heavy atom. The van der Waals surface area contributed by atoms with E-state index in [-0.39, 0.29) is 0 Å². The predicted molar refractivity (Wildman–Crippen MR) is 60.9 cm³/mol. The summed E-state index contributed by atoms with van der Waals surface area (Å²) in [5.74, 6) is 1.54. The van der Waals surface area contributed by atoms with Crippen molar-refractivity contribution in [1.29, 1.82) is 0 Å². The molecule has 2 aliphatic heterocycles. The number of hydrogen-bond donors (Lipinski definition) is 1. The molecule has 2 saturated heterocycles. The second-order valence-electron chi connectivity index (χ2n) is 4.71. The molecule has 2 atom stereocenters. The highest BCUT2D eigenvalue weighted by molar-refractivity contribution is 7.09. The van der Waals surface area contributed by atoms with Crippen LogP contribution in [0.15, 0.2) is 0 Å². The average Bonchev–Trinajstić information content (AvgIpc) is 2.70. The maximum atomic E-state index is 5.63. The molecule has 0 amide bonds. The maximum Gasteiger partial charge on any atom is 0.199 e. The zero-order valence-corrected chi connectivity index (χ0v) is 9.70. The van der Waals surface area contributed by atoms with E-state index in [0.29, 0.717) is 11.0 Å². The van der Waals surface area contributed by atoms with Crippen LogP contribution in [-0.2, 0) is 0 Å². The van der Waals surface area contributed by atoms with Gasteiger partial charge in [-0.2, -0.15) is 4.37 Å². The average molecular weight is 224 g/mol. The van der Waals surface area contributed by atoms with Crippen LogP contribution in [0.4, 0.5) is 5.13 Å². The topological polar surface area (TPSA) is 55.0 Å². The molecule has 0 saturated carbocycles. The van der Waals surface area contributed by atoms with Crippen LogP contribution in [0.2, 0.25) is 0 Å². The number of nitrogens with two attached hydrogens (primary N) is 1. The Morgan fingerprint density at radius 3 is 2.53 bits per heavy atom. The van der Waals surface area contributed by atoms with Crippen molar-refractivity contribution < 1.29 is 0 Å². The minimum Gasteiger partial charge on any atom is -0.374 e. The first-order chi connectivity index (χ1) is 7.24. The summed E-state index contributed by atoms with van der Waals surface area (Å²) >= 11 is 1.32. The van der Waals surface area contributed by atoms with Crippen LogP contribution >= 0.6 is 11.5 Å². The third-order valence-electron chi connectivity index (χ3n) is 3.92. The number of anilines is 1. The highest BCUT2D eigenvalue weighted by atomic mass is 32.1. The summed E-state index contributed by atoms with van der Waals surface area (Å²) in [5.41, 5.74) is 5.63. The number of piperidine rings is 1. The lowest BCUT2D eigenvalue weighted by atomic mass is 9.90. The monoisotopic (exact) mass is 224 g/mol. The van der Waals surface area contributed by atoms with Crippen molar-refractivity contribution in [3.8, 4) is 0 Å². The number of nitrogens with zero attached hydrogens (tertiary/aromatic N) is 3. The Morgan fingerprint density at radius 2 is 2.00 bits per heavy atom. The molecule has 0 aromatic carbocycles. The van der Waals surface area contributed by atoms with Crippen molar-refractivity contribution >= 4 is 16.7 Å². The lowest BCUT2D eigenvalue weighted by Gasteiger charge is -2.35. The summed E-state index contributed by atoms with van der Waals surface area (Å²) in [6, 6.07) is 1.50. The molecular weight excluding hydrogens is 208 g/mol. The second kappa shape index (κ2) is 3.42. The molecule has 1 aromatic rings. The normalized spacial score (nSPS) is 35.9. The van der Waals surface area contributed by atoms with Gasteiger partial charge in [-0.25, -0.2) is 4.98 Å². The first kappa shape index (κ1) is 9.54. The van der Waals surface area contributed by atoms with Gasteiger partial charge in [0.15, 0.2) is 5.13 Å². The summed E-state index contributed by atoms with van der Waals surface area (Å²) < 4.78 is 4.35. The quantitative estimate of drug-likeness (QED) is 0.784. The van der Waals surface area contributed by atoms with E-state index in [1.807, 2.05) is 0 Å². The molecule has 2 unspecified atom stereocenters. The van der Waals surface area contributed by atoms with E-state index in [9.17, 15) is 0 Å². The summed E-state index contributed by atoms with van der Waals surface area (Å²) in [7, 11) is 2.25. The Bertz CT molecular complexity index is 350. The van der Waals surface area contributed by atoms with Crippen molar-refractivity contribution in [1.82, 2.24) is 14.3 Å². The van der Waals surface area contributed by atoms with Gasteiger partial charge in [0.2, 0.25) is 0 Å². The molecule has 4 nitrogen and oxygen atoms in total. The first-order valence-electron chi connectivity index (χ1n) is 5.55. The van der Waals surface area contributed by atoms with Crippen molar-refractivity contribution in [3.63, 3.8) is 0 Å². The third-order valence-corrected chi connectivity index (χ3v) is 4.48. The van der Waals surface area contributed by atoms with Gasteiger partial charge in [0.1, 0.15) is 5.82 Å². The van der Waals surface area contributed by atoms with Gasteiger partial charge in [0.05, 0.1) is 0 Å². The molecule has 0 spiro atoms. The standard InChI is InChI=1S/C10H16N4S/c1-14-7-2-3-8(14)5-6(4-7)9-12-10(11)15-13-9/h6-8H,2-5H2,1H3,(H2,11,12,13). The summed E-state index contributed by atoms with van der Waals surface area (Å²) in [4.78, 5) is 6.86. The van der Waals surface area contributed by atoms with Crippen molar-refractivity contribution in [2.24, 2.45) is 0 Å². The molecule has 2 bridgehead atoms. The van der Waals surface area contributed by atoms with Gasteiger partial charge in [-0.05, 0) is 32.7 Å². The van der Waals surface area contributed by atoms with Crippen LogP contribution in [0, 0.1) is 0 Å². The molecule has 3 heterocycles. The summed E-state index contributed by atoms with van der Waals surface area (Å²) in [6.45, 7) is 0. The van der Waals surface area contributed by atoms with Crippen LogP contribution in [0.1, 0.15) is 37.4 Å². The van der Waals surface area contributed by atoms with Gasteiger partial charge in [-0.15, -0.1) is 0 Å². The molecule has 0 radical (unpaired) electrons. The molecule has 2 fully saturated rings. The van der Waals surface area contributed by atoms with Gasteiger partial charge in [0, 0.05) is 29.5 Å². The number of fused-ring (bicyclic) bond motifs is 2. The number of nitrogen functional groups attached to an aromatic ring is 1. The van der Waals surface area contributed by atoms with Gasteiger partial charge in [-0.1, -0.05) is 0 Å². The third kappa shape index (κ3) is 1.54. The van der Waals surface area contributed by atoms with Gasteiger partial charge in [0.25, 0.3) is 0 Å². The Hall–Kier alpha value is -0.680. The Balaban J connectivity index is 1.80. The fourth-order valence-electron chi connectivity index (χ4n) is 3.04. The van der Waals surface area contributed by atoms with Crippen LogP contribution < -0.4 is 5.73 Å². The smallest absolute Gasteiger partial charge is 0.199 e. The zero-order chi connectivity index (χ0) is 10.4. The predicted octanol–water partition coefficient (Wildman–Crippen LogP) is 1.46. The van der Waals surface area contributed by atoms with Crippen LogP contribution in [-0.4, -0.2) is 33.4 Å². The Labute approximate surface area is 93.7 Å². The number of aromatic nitrogens is 2. The van der Waals surface area contributed by atoms with Crippen LogP contribution in [0.3, 0.4) is 0 Å². The maximum absolute atomic E-state index is 5.63. The zero-order valence-electron chi connectivity index (χ0n) is 8.89. The molecule has 15 heavy (non-hydrogen) atoms. The van der Waals surface area contributed by atoms with Crippen LogP contribution in [0.5, 0.6) is 0 Å². The first-order valence-corrected chi connectivity index (χ1v) is 6.32. The van der Waals surface area contributed by atoms with Crippen molar-refractivity contribution in [2.45, 2.75) is 43.7 Å². The molecule has 0 aliphatic carbocycles. The van der Waals surface area contributed by atoms with Gasteiger partial charge < -0.3 is 10.6 Å². The van der Waals surface area contributed by atoms with E-state index >= 15 is 0 Å². The molecule has 82 valence electrons. The largest absolute Gasteiger partial charge is 0.374 e. The summed E-state index contributed by atoms with van der Waals surface area (Å²) in [5, 5.41) is 0.608. The van der Waals surface area contributed by atoms with Crippen molar-refractivity contribution in [3.05, 3.63) is 5.82 Å². The molecule has 5 heteroatoms. The molecule has 2 aliphatic rings. The molecule has 1 aromatic heterocycles. The highest BCUT2D eigenvalue weighted by Crippen LogP contribution is 2.41. The minimum atomic E-state index is 0.548. The fourth-order valence-corrected chi connectivity index (χ4v) is 3.55. The van der Waals surface area contributed by atoms with E-state index < -0.39 is 0 Å². The Kier molecular flexibility index (Phi) is 2.17.